The van der Waals surface area contributed by atoms with Crippen LogP contribution < -0.4 is 11.3 Å². The van der Waals surface area contributed by atoms with Crippen LogP contribution in [0.5, 0.6) is 0 Å². The second-order valence-corrected chi connectivity index (χ2v) is 11.3. The molecule has 0 radical (unpaired) electrons. The molecule has 3 aromatic rings. The fraction of sp³-hybridized carbons (Fsp3) is 0.241. The summed E-state index contributed by atoms with van der Waals surface area (Å²) in [6, 6.07) is 17.4. The first kappa shape index (κ1) is 27.7. The van der Waals surface area contributed by atoms with Crippen molar-refractivity contribution in [3.63, 3.8) is 0 Å². The summed E-state index contributed by atoms with van der Waals surface area (Å²) in [7, 11) is 0. The van der Waals surface area contributed by atoms with Gasteiger partial charge in [-0.2, -0.15) is 0 Å². The van der Waals surface area contributed by atoms with Crippen molar-refractivity contribution in [2.75, 3.05) is 5.75 Å². The summed E-state index contributed by atoms with van der Waals surface area (Å²) in [5.74, 6) is -1.84. The topological polar surface area (TPSA) is 137 Å². The lowest BCUT2D eigenvalue weighted by Gasteiger charge is -2.53. The summed E-state index contributed by atoms with van der Waals surface area (Å²) in [6.07, 6.45) is 0.479. The van der Waals surface area contributed by atoms with Gasteiger partial charge in [-0.05, 0) is 47.9 Å². The van der Waals surface area contributed by atoms with Crippen molar-refractivity contribution in [2.24, 2.45) is 5.73 Å². The average molecular weight is 579 g/mol. The lowest BCUT2D eigenvalue weighted by atomic mass is 9.98. The van der Waals surface area contributed by atoms with E-state index in [4.69, 9.17) is 17.3 Å². The van der Waals surface area contributed by atoms with E-state index < -0.39 is 35.2 Å². The van der Waals surface area contributed by atoms with Gasteiger partial charge >= 0.3 is 5.97 Å². The molecule has 11 heteroatoms. The van der Waals surface area contributed by atoms with E-state index in [1.807, 2.05) is 12.1 Å². The number of amides is 2. The number of hydrogen-bond donors (Lipinski definition) is 3. The van der Waals surface area contributed by atoms with Crippen LogP contribution in [0.15, 0.2) is 82.8 Å². The quantitative estimate of drug-likeness (QED) is 0.349. The fourth-order valence-corrected chi connectivity index (χ4v) is 6.47. The molecule has 2 aliphatic rings. The van der Waals surface area contributed by atoms with Gasteiger partial charge in [0, 0.05) is 28.5 Å². The number of hydrogen-bond acceptors (Lipinski definition) is 6. The van der Waals surface area contributed by atoms with Gasteiger partial charge in [-0.15, -0.1) is 11.8 Å². The number of aliphatic carboxylic acids is 1. The molecule has 2 aliphatic heterocycles. The van der Waals surface area contributed by atoms with Crippen molar-refractivity contribution in [1.82, 2.24) is 14.8 Å². The zero-order valence-electron chi connectivity index (χ0n) is 21.5. The summed E-state index contributed by atoms with van der Waals surface area (Å²) in [4.78, 5) is 57.6. The number of thioether (sulfide) groups is 1. The maximum Gasteiger partial charge on any atom is 0.352 e. The molecule has 0 bridgehead atoms. The van der Waals surface area contributed by atoms with Gasteiger partial charge in [0.2, 0.25) is 5.91 Å². The molecule has 9 nitrogen and oxygen atoms in total. The molecule has 206 valence electrons. The van der Waals surface area contributed by atoms with Gasteiger partial charge in [0.15, 0.2) is 0 Å². The van der Waals surface area contributed by atoms with Gasteiger partial charge in [-0.3, -0.25) is 19.3 Å². The SMILES string of the molecule is CC1=C(C(=O)O)N2C(=O)[C@@H](N(Cc3ccc(Cc4ccc(Cl)cc4)[nH]c3=O)C(=O)[C@H](N)c3ccccc3)[C@H]2SC1. The van der Waals surface area contributed by atoms with Crippen molar-refractivity contribution in [1.29, 1.82) is 0 Å². The number of carbonyl (C=O) groups is 3. The minimum absolute atomic E-state index is 0.0610. The van der Waals surface area contributed by atoms with Gasteiger partial charge in [0.05, 0.1) is 6.54 Å². The third kappa shape index (κ3) is 5.30. The van der Waals surface area contributed by atoms with E-state index in [0.29, 0.717) is 34.0 Å². The van der Waals surface area contributed by atoms with E-state index in [2.05, 4.69) is 4.98 Å². The molecule has 1 fully saturated rings. The van der Waals surface area contributed by atoms with Gasteiger partial charge in [-0.1, -0.05) is 54.1 Å². The van der Waals surface area contributed by atoms with E-state index in [9.17, 15) is 24.3 Å². The van der Waals surface area contributed by atoms with Crippen LogP contribution in [0.2, 0.25) is 5.02 Å². The number of carboxylic acid groups (broad SMARTS) is 1. The molecular weight excluding hydrogens is 552 g/mol. The molecule has 3 atom stereocenters. The number of nitrogens with zero attached hydrogens (tertiary/aromatic N) is 2. The highest BCUT2D eigenvalue weighted by Gasteiger charge is 2.57. The van der Waals surface area contributed by atoms with Gasteiger partial charge < -0.3 is 20.7 Å². The van der Waals surface area contributed by atoms with Crippen LogP contribution in [0.4, 0.5) is 0 Å². The van der Waals surface area contributed by atoms with Crippen LogP contribution >= 0.6 is 23.4 Å². The van der Waals surface area contributed by atoms with Crippen molar-refractivity contribution in [3.8, 4) is 0 Å². The van der Waals surface area contributed by atoms with Gasteiger partial charge in [0.1, 0.15) is 23.2 Å². The molecule has 1 aromatic heterocycles. The number of aromatic amines is 1. The largest absolute Gasteiger partial charge is 0.477 e. The Morgan fingerprint density at radius 2 is 1.82 bits per heavy atom. The van der Waals surface area contributed by atoms with E-state index in [-0.39, 0.29) is 23.4 Å². The normalized spacial score (nSPS) is 19.1. The average Bonchev–Trinajstić information content (AvgIpc) is 2.94. The van der Waals surface area contributed by atoms with E-state index in [1.54, 1.807) is 61.5 Å². The Morgan fingerprint density at radius 3 is 2.48 bits per heavy atom. The maximum atomic E-state index is 13.8. The summed E-state index contributed by atoms with van der Waals surface area (Å²) in [5, 5.41) is 9.74. The molecular formula is C29H27ClN4O5S. The van der Waals surface area contributed by atoms with Gasteiger partial charge in [-0.25, -0.2) is 4.79 Å². The molecule has 0 saturated carbocycles. The molecule has 2 aromatic carbocycles. The Kier molecular flexibility index (Phi) is 7.84. The van der Waals surface area contributed by atoms with Crippen LogP contribution in [0, 0.1) is 0 Å². The molecule has 40 heavy (non-hydrogen) atoms. The number of aromatic nitrogens is 1. The highest BCUT2D eigenvalue weighted by Crippen LogP contribution is 2.43. The Labute approximate surface area is 239 Å². The lowest BCUT2D eigenvalue weighted by molar-refractivity contribution is -0.161. The second kappa shape index (κ2) is 11.3. The first-order valence-corrected chi connectivity index (χ1v) is 14.0. The zero-order valence-corrected chi connectivity index (χ0v) is 23.1. The summed E-state index contributed by atoms with van der Waals surface area (Å²) in [6.45, 7) is 1.51. The Hall–Kier alpha value is -3.86. The monoisotopic (exact) mass is 578 g/mol. The van der Waals surface area contributed by atoms with E-state index in [0.717, 1.165) is 5.56 Å². The predicted molar refractivity (Wildman–Crippen MR) is 152 cm³/mol. The number of β-lactam (4-membered cyclic amide) rings is 1. The zero-order chi connectivity index (χ0) is 28.6. The van der Waals surface area contributed by atoms with Crippen molar-refractivity contribution >= 4 is 41.1 Å². The molecule has 0 aliphatic carbocycles. The number of nitrogens with one attached hydrogen (secondary N) is 1. The second-order valence-electron chi connectivity index (χ2n) is 9.78. The maximum absolute atomic E-state index is 13.8. The molecule has 4 N–H and O–H groups in total. The Balaban J connectivity index is 1.45. The van der Waals surface area contributed by atoms with E-state index in [1.165, 1.54) is 21.6 Å². The van der Waals surface area contributed by atoms with Crippen LogP contribution in [0.25, 0.3) is 0 Å². The van der Waals surface area contributed by atoms with Crippen LogP contribution in [-0.4, -0.2) is 54.8 Å². The highest BCUT2D eigenvalue weighted by molar-refractivity contribution is 8.00. The van der Waals surface area contributed by atoms with Crippen LogP contribution in [0.1, 0.15) is 35.3 Å². The number of carbonyl (C=O) groups excluding carboxylic acids is 2. The first-order chi connectivity index (χ1) is 19.2. The number of benzene rings is 2. The third-order valence-electron chi connectivity index (χ3n) is 7.08. The summed E-state index contributed by atoms with van der Waals surface area (Å²) < 4.78 is 0. The number of halogens is 1. The van der Waals surface area contributed by atoms with Crippen molar-refractivity contribution in [3.05, 3.63) is 116 Å². The molecule has 1 saturated heterocycles. The molecule has 0 unspecified atom stereocenters. The number of H-pyrrole nitrogens is 1. The number of fused-ring (bicyclic) bond motifs is 1. The summed E-state index contributed by atoms with van der Waals surface area (Å²) in [5.41, 5.74) is 8.97. The molecule has 5 rings (SSSR count). The van der Waals surface area contributed by atoms with Crippen molar-refractivity contribution in [2.45, 2.75) is 37.3 Å². The molecule has 0 spiro atoms. The number of nitrogens with two attached hydrogens (primary N) is 1. The smallest absolute Gasteiger partial charge is 0.352 e. The minimum atomic E-state index is -1.19. The number of pyridine rings is 1. The Morgan fingerprint density at radius 1 is 1.12 bits per heavy atom. The fourth-order valence-electron chi connectivity index (χ4n) is 4.98. The number of rotatable bonds is 8. The standard InChI is InChI=1S/C29H27ClN4O5S/c1-16-15-40-28-24(27(37)34(28)23(16)29(38)39)33(26(36)22(31)18-5-3-2-4-6-18)14-19-9-12-21(32-25(19)35)13-17-7-10-20(30)11-8-17/h2-12,22,24,28H,13-15,31H2,1H3,(H,32,35)(H,38,39)/t22-,24-,28-/m1/s1. The number of carboxylic acids is 1. The van der Waals surface area contributed by atoms with Crippen LogP contribution in [-0.2, 0) is 27.3 Å². The third-order valence-corrected chi connectivity index (χ3v) is 8.74. The first-order valence-electron chi connectivity index (χ1n) is 12.6. The van der Waals surface area contributed by atoms with Crippen LogP contribution in [0.3, 0.4) is 0 Å². The predicted octanol–water partition coefficient (Wildman–Crippen LogP) is 3.29. The molecule has 2 amide bonds. The van der Waals surface area contributed by atoms with Crippen molar-refractivity contribution < 1.29 is 19.5 Å². The highest BCUT2D eigenvalue weighted by atomic mass is 35.5. The summed E-state index contributed by atoms with van der Waals surface area (Å²) >= 11 is 7.34. The molecule has 3 heterocycles. The Bertz CT molecular complexity index is 1560. The lowest BCUT2D eigenvalue weighted by Crippen LogP contribution is -2.71. The minimum Gasteiger partial charge on any atom is -0.477 e. The van der Waals surface area contributed by atoms with Gasteiger partial charge in [0.25, 0.3) is 11.5 Å². The van der Waals surface area contributed by atoms with E-state index >= 15 is 0 Å².